The summed E-state index contributed by atoms with van der Waals surface area (Å²) < 4.78 is 0. The molecule has 0 N–H and O–H groups in total. The van der Waals surface area contributed by atoms with Gasteiger partial charge in [0.2, 0.25) is 0 Å². The normalized spacial score (nSPS) is 11.9. The average Bonchev–Trinajstić information content (AvgIpc) is 2.72. The van der Waals surface area contributed by atoms with Crippen LogP contribution in [0.4, 0.5) is 0 Å². The Balaban J connectivity index is 1.93. The monoisotopic (exact) mass is 395 g/mol. The van der Waals surface area contributed by atoms with Crippen LogP contribution < -0.4 is 5.19 Å². The Morgan fingerprint density at radius 2 is 1.45 bits per heavy atom. The largest absolute Gasteiger partial charge is 0.248 e. The van der Waals surface area contributed by atoms with Crippen molar-refractivity contribution in [3.8, 4) is 22.4 Å². The Kier molecular flexibility index (Phi) is 5.14. The van der Waals surface area contributed by atoms with E-state index in [9.17, 15) is 0 Å². The molecular weight excluding hydrogens is 366 g/mol. The third kappa shape index (κ3) is 3.90. The summed E-state index contributed by atoms with van der Waals surface area (Å²) in [5, 5.41) is 2.74. The minimum Gasteiger partial charge on any atom is -0.248 e. The van der Waals surface area contributed by atoms with Crippen molar-refractivity contribution in [2.24, 2.45) is 0 Å². The van der Waals surface area contributed by atoms with E-state index in [4.69, 9.17) is 4.98 Å². The second-order valence-corrected chi connectivity index (χ2v) is 14.2. The summed E-state index contributed by atoms with van der Waals surface area (Å²) in [7, 11) is -1.50. The number of pyridine rings is 1. The summed E-state index contributed by atoms with van der Waals surface area (Å²) in [6.45, 7) is 11.7. The molecule has 0 amide bonds. The van der Waals surface area contributed by atoms with E-state index in [1.165, 1.54) is 32.8 Å². The molecule has 0 spiro atoms. The summed E-state index contributed by atoms with van der Waals surface area (Å²) in [6, 6.07) is 28.5. The van der Waals surface area contributed by atoms with E-state index in [2.05, 4.69) is 112 Å². The van der Waals surface area contributed by atoms with Crippen molar-refractivity contribution >= 4 is 24.2 Å². The molecule has 0 aliphatic heterocycles. The lowest BCUT2D eigenvalue weighted by molar-refractivity contribution is 0.867. The molecule has 0 unspecified atom stereocenters. The molecule has 0 radical (unpaired) electrons. The highest BCUT2D eigenvalue weighted by atomic mass is 28.3. The molecule has 0 aliphatic carbocycles. The van der Waals surface area contributed by atoms with Crippen molar-refractivity contribution < 1.29 is 0 Å². The highest BCUT2D eigenvalue weighted by molar-refractivity contribution is 6.90. The van der Waals surface area contributed by atoms with Gasteiger partial charge in [-0.2, -0.15) is 0 Å². The third-order valence-electron chi connectivity index (χ3n) is 5.59. The zero-order valence-electron chi connectivity index (χ0n) is 18.0. The van der Waals surface area contributed by atoms with E-state index in [0.29, 0.717) is 5.92 Å². The molecule has 4 rings (SSSR count). The number of aromatic nitrogens is 1. The minimum atomic E-state index is -1.50. The Labute approximate surface area is 175 Å². The molecule has 0 bridgehead atoms. The van der Waals surface area contributed by atoms with E-state index >= 15 is 0 Å². The van der Waals surface area contributed by atoms with Crippen molar-refractivity contribution in [3.05, 3.63) is 84.4 Å². The smallest absolute Gasteiger partial charge is 0.0784 e. The predicted octanol–water partition coefficient (Wildman–Crippen LogP) is 7.24. The zero-order chi connectivity index (χ0) is 20.6. The van der Waals surface area contributed by atoms with Gasteiger partial charge in [0.15, 0.2) is 0 Å². The quantitative estimate of drug-likeness (QED) is 0.332. The molecule has 1 nitrogen and oxygen atoms in total. The molecule has 1 aromatic heterocycles. The lowest BCUT2D eigenvalue weighted by atomic mass is 9.97. The lowest BCUT2D eigenvalue weighted by Gasteiger charge is -2.23. The van der Waals surface area contributed by atoms with Crippen LogP contribution in [0.2, 0.25) is 19.6 Å². The van der Waals surface area contributed by atoms with Crippen LogP contribution in [0, 0.1) is 0 Å². The number of rotatable bonds is 4. The molecule has 0 saturated heterocycles. The Hall–Kier alpha value is -2.71. The summed E-state index contributed by atoms with van der Waals surface area (Å²) in [4.78, 5) is 5.07. The molecule has 2 heteroatoms. The molecular formula is C27H29NSi. The highest BCUT2D eigenvalue weighted by Gasteiger charge is 2.23. The van der Waals surface area contributed by atoms with Crippen LogP contribution >= 0.6 is 0 Å². The second kappa shape index (κ2) is 7.60. The number of nitrogens with zero attached hydrogens (tertiary/aromatic N) is 1. The van der Waals surface area contributed by atoms with Crippen LogP contribution in [-0.2, 0) is 0 Å². The van der Waals surface area contributed by atoms with E-state index in [1.807, 2.05) is 0 Å². The maximum Gasteiger partial charge on any atom is 0.0784 e. The summed E-state index contributed by atoms with van der Waals surface area (Å²) in [5.41, 5.74) is 7.29. The maximum atomic E-state index is 5.07. The second-order valence-electron chi connectivity index (χ2n) is 9.15. The van der Waals surface area contributed by atoms with Crippen LogP contribution in [0.5, 0.6) is 0 Å². The highest BCUT2D eigenvalue weighted by Crippen LogP contribution is 2.31. The van der Waals surface area contributed by atoms with Gasteiger partial charge < -0.3 is 0 Å². The lowest BCUT2D eigenvalue weighted by Crippen LogP contribution is -2.39. The predicted molar refractivity (Wildman–Crippen MR) is 130 cm³/mol. The van der Waals surface area contributed by atoms with Gasteiger partial charge in [-0.25, -0.2) is 4.98 Å². The van der Waals surface area contributed by atoms with Crippen molar-refractivity contribution in [1.82, 2.24) is 4.98 Å². The van der Waals surface area contributed by atoms with Gasteiger partial charge in [-0.1, -0.05) is 99.3 Å². The first-order valence-electron chi connectivity index (χ1n) is 10.4. The van der Waals surface area contributed by atoms with Crippen molar-refractivity contribution in [1.29, 1.82) is 0 Å². The van der Waals surface area contributed by atoms with E-state index in [1.54, 1.807) is 0 Å². The molecule has 1 heterocycles. The van der Waals surface area contributed by atoms with Gasteiger partial charge in [-0.05, 0) is 40.8 Å². The molecule has 0 saturated carbocycles. The molecule has 0 atom stereocenters. The number of benzene rings is 3. The van der Waals surface area contributed by atoms with Crippen LogP contribution in [0.25, 0.3) is 33.3 Å². The van der Waals surface area contributed by atoms with E-state index in [-0.39, 0.29) is 0 Å². The SMILES string of the molecule is CC(C)c1cccc(-c2ccc3c(-c4ccccc4)c([Si](C)(C)C)ccc3n2)c1. The van der Waals surface area contributed by atoms with Crippen LogP contribution in [-0.4, -0.2) is 13.1 Å². The first kappa shape index (κ1) is 19.6. The van der Waals surface area contributed by atoms with Gasteiger partial charge in [-0.3, -0.25) is 0 Å². The Morgan fingerprint density at radius 3 is 2.14 bits per heavy atom. The van der Waals surface area contributed by atoms with E-state index in [0.717, 1.165) is 11.2 Å². The van der Waals surface area contributed by atoms with Gasteiger partial charge in [0.05, 0.1) is 19.3 Å². The standard InChI is InChI=1S/C27H29NSi/c1-19(2)21-12-9-13-22(18-21)24-15-14-23-25(28-24)16-17-26(29(3,4)5)27(23)20-10-7-6-8-11-20/h6-19H,1-5H3. The molecule has 146 valence electrons. The fraction of sp³-hybridized carbons (Fsp3) is 0.222. The number of fused-ring (bicyclic) bond motifs is 1. The van der Waals surface area contributed by atoms with Crippen molar-refractivity contribution in [2.45, 2.75) is 39.4 Å². The fourth-order valence-electron chi connectivity index (χ4n) is 3.96. The first-order chi connectivity index (χ1) is 13.8. The molecule has 3 aromatic carbocycles. The minimum absolute atomic E-state index is 0.513. The van der Waals surface area contributed by atoms with Gasteiger partial charge >= 0.3 is 0 Å². The molecule has 4 aromatic rings. The molecule has 0 fully saturated rings. The van der Waals surface area contributed by atoms with Gasteiger partial charge in [0.1, 0.15) is 0 Å². The van der Waals surface area contributed by atoms with Crippen LogP contribution in [0.3, 0.4) is 0 Å². The van der Waals surface area contributed by atoms with Crippen molar-refractivity contribution in [3.63, 3.8) is 0 Å². The summed E-state index contributed by atoms with van der Waals surface area (Å²) in [5.74, 6) is 0.513. The van der Waals surface area contributed by atoms with Crippen LogP contribution in [0.1, 0.15) is 25.3 Å². The van der Waals surface area contributed by atoms with Crippen molar-refractivity contribution in [2.75, 3.05) is 0 Å². The van der Waals surface area contributed by atoms with E-state index < -0.39 is 8.07 Å². The Morgan fingerprint density at radius 1 is 0.724 bits per heavy atom. The number of hydrogen-bond acceptors (Lipinski definition) is 1. The maximum absolute atomic E-state index is 5.07. The fourth-order valence-corrected chi connectivity index (χ4v) is 5.58. The summed E-state index contributed by atoms with van der Waals surface area (Å²) >= 11 is 0. The third-order valence-corrected chi connectivity index (χ3v) is 7.62. The molecule has 0 aliphatic rings. The number of hydrogen-bond donors (Lipinski definition) is 0. The zero-order valence-corrected chi connectivity index (χ0v) is 19.0. The van der Waals surface area contributed by atoms with Gasteiger partial charge in [-0.15, -0.1) is 0 Å². The molecule has 29 heavy (non-hydrogen) atoms. The average molecular weight is 396 g/mol. The topological polar surface area (TPSA) is 12.9 Å². The van der Waals surface area contributed by atoms with Crippen LogP contribution in [0.15, 0.2) is 78.9 Å². The Bertz CT molecular complexity index is 1150. The summed E-state index contributed by atoms with van der Waals surface area (Å²) in [6.07, 6.45) is 0. The van der Waals surface area contributed by atoms with Gasteiger partial charge in [0.25, 0.3) is 0 Å². The first-order valence-corrected chi connectivity index (χ1v) is 13.9. The van der Waals surface area contributed by atoms with Gasteiger partial charge in [0, 0.05) is 10.9 Å².